The SMILES string of the molecule is Cc1cc2c3ccc4c5ccccc5sc4c3n(-c3c(-n4c5ccccc5c5ccccc54)c(C#N)c(-n4c5ccccc5c5ccccc54)c(C#N)c3-n3c4ccccc4c4ccccc43)c2cc1C. The number of hydrogen-bond donors (Lipinski definition) is 0. The van der Waals surface area contributed by atoms with Gasteiger partial charge in [0.2, 0.25) is 0 Å². The van der Waals surface area contributed by atoms with Crippen LogP contribution in [0, 0.1) is 36.5 Å². The molecule has 0 saturated carbocycles. The maximum Gasteiger partial charge on any atom is 0.104 e. The van der Waals surface area contributed by atoms with Crippen LogP contribution in [0.3, 0.4) is 0 Å². The van der Waals surface area contributed by atoms with Crippen molar-refractivity contribution in [2.75, 3.05) is 0 Å². The molecule has 0 amide bonds. The van der Waals surface area contributed by atoms with Crippen molar-refractivity contribution >= 4 is 119 Å². The summed E-state index contributed by atoms with van der Waals surface area (Å²) in [5, 5.41) is 35.9. The van der Waals surface area contributed by atoms with E-state index in [9.17, 15) is 10.5 Å². The summed E-state index contributed by atoms with van der Waals surface area (Å²) < 4.78 is 11.6. The van der Waals surface area contributed by atoms with Crippen LogP contribution in [0.2, 0.25) is 0 Å². The summed E-state index contributed by atoms with van der Waals surface area (Å²) in [6.45, 7) is 4.37. The second-order valence-electron chi connectivity index (χ2n) is 18.7. The van der Waals surface area contributed by atoms with Crippen molar-refractivity contribution in [1.82, 2.24) is 18.3 Å². The summed E-state index contributed by atoms with van der Waals surface area (Å²) >= 11 is 1.80. The maximum absolute atomic E-state index is 12.5. The summed E-state index contributed by atoms with van der Waals surface area (Å²) in [6.07, 6.45) is 0. The van der Waals surface area contributed by atoms with Crippen molar-refractivity contribution < 1.29 is 0 Å². The van der Waals surface area contributed by atoms with Gasteiger partial charge < -0.3 is 18.3 Å². The first-order chi connectivity index (χ1) is 35.0. The topological polar surface area (TPSA) is 67.3 Å². The molecule has 10 aromatic carbocycles. The van der Waals surface area contributed by atoms with E-state index in [1.54, 1.807) is 11.3 Å². The first-order valence-electron chi connectivity index (χ1n) is 23.9. The molecule has 0 unspecified atom stereocenters. The van der Waals surface area contributed by atoms with Gasteiger partial charge in [0.05, 0.1) is 71.6 Å². The lowest BCUT2D eigenvalue weighted by Crippen LogP contribution is -2.17. The Morgan fingerprint density at radius 3 is 1.13 bits per heavy atom. The zero-order valence-corrected chi connectivity index (χ0v) is 39.4. The molecule has 0 bridgehead atoms. The monoisotopic (exact) mass is 922 g/mol. The Hall–Kier alpha value is -9.40. The van der Waals surface area contributed by atoms with Gasteiger partial charge in [-0.3, -0.25) is 0 Å². The van der Waals surface area contributed by atoms with Crippen molar-refractivity contribution in [3.8, 4) is 34.9 Å². The third-order valence-electron chi connectivity index (χ3n) is 15.1. The highest BCUT2D eigenvalue weighted by atomic mass is 32.1. The number of fused-ring (bicyclic) bond motifs is 16. The van der Waals surface area contributed by atoms with E-state index in [4.69, 9.17) is 0 Å². The van der Waals surface area contributed by atoms with Gasteiger partial charge in [0.25, 0.3) is 0 Å². The first-order valence-corrected chi connectivity index (χ1v) is 24.7. The molecule has 15 aromatic rings. The summed E-state index contributed by atoms with van der Waals surface area (Å²) in [6, 6.07) is 74.5. The lowest BCUT2D eigenvalue weighted by atomic mass is 9.98. The number of thiophene rings is 1. The number of para-hydroxylation sites is 6. The Balaban J connectivity index is 1.31. The minimum Gasteiger partial charge on any atom is -0.306 e. The van der Waals surface area contributed by atoms with Crippen LogP contribution in [0.15, 0.2) is 194 Å². The van der Waals surface area contributed by atoms with E-state index in [1.807, 2.05) is 12.1 Å². The van der Waals surface area contributed by atoms with E-state index in [1.165, 1.54) is 15.6 Å². The van der Waals surface area contributed by atoms with Gasteiger partial charge >= 0.3 is 0 Å². The zero-order valence-electron chi connectivity index (χ0n) is 38.6. The molecule has 0 saturated heterocycles. The number of rotatable bonds is 4. The van der Waals surface area contributed by atoms with Crippen molar-refractivity contribution in [3.63, 3.8) is 0 Å². The van der Waals surface area contributed by atoms with Gasteiger partial charge in [0, 0.05) is 58.6 Å². The van der Waals surface area contributed by atoms with E-state index in [-0.39, 0.29) is 0 Å². The number of aromatic nitrogens is 4. The molecule has 7 heteroatoms. The van der Waals surface area contributed by atoms with Crippen LogP contribution in [0.4, 0.5) is 0 Å². The molecule has 0 aliphatic heterocycles. The lowest BCUT2D eigenvalue weighted by Gasteiger charge is -2.27. The van der Waals surface area contributed by atoms with Crippen LogP contribution in [0.1, 0.15) is 22.3 Å². The fourth-order valence-corrected chi connectivity index (χ4v) is 13.3. The smallest absolute Gasteiger partial charge is 0.104 e. The van der Waals surface area contributed by atoms with Gasteiger partial charge in [-0.25, -0.2) is 0 Å². The second kappa shape index (κ2) is 14.6. The summed E-state index contributed by atoms with van der Waals surface area (Å²) in [5.41, 5.74) is 13.4. The van der Waals surface area contributed by atoms with E-state index >= 15 is 0 Å². The second-order valence-corrected chi connectivity index (χ2v) is 19.8. The molecule has 0 atom stereocenters. The number of nitrogens with zero attached hydrogens (tertiary/aromatic N) is 6. The number of hydrogen-bond acceptors (Lipinski definition) is 3. The molecule has 5 aromatic heterocycles. The molecule has 330 valence electrons. The fourth-order valence-electron chi connectivity index (χ4n) is 12.0. The van der Waals surface area contributed by atoms with Crippen molar-refractivity contribution in [2.45, 2.75) is 13.8 Å². The van der Waals surface area contributed by atoms with E-state index in [2.05, 4.69) is 226 Å². The Kier molecular flexibility index (Phi) is 8.12. The van der Waals surface area contributed by atoms with Crippen molar-refractivity contribution in [1.29, 1.82) is 10.5 Å². The highest BCUT2D eigenvalue weighted by Gasteiger charge is 2.35. The predicted molar refractivity (Wildman–Crippen MR) is 296 cm³/mol. The molecule has 0 aliphatic carbocycles. The third-order valence-corrected chi connectivity index (χ3v) is 16.3. The highest BCUT2D eigenvalue weighted by Crippen LogP contribution is 2.51. The van der Waals surface area contributed by atoms with E-state index in [0.717, 1.165) is 109 Å². The minimum absolute atomic E-state index is 0.390. The third kappa shape index (κ3) is 5.17. The first kappa shape index (κ1) is 39.6. The van der Waals surface area contributed by atoms with Crippen molar-refractivity contribution in [3.05, 3.63) is 216 Å². The van der Waals surface area contributed by atoms with Gasteiger partial charge in [0.1, 0.15) is 23.3 Å². The maximum atomic E-state index is 12.5. The van der Waals surface area contributed by atoms with Crippen LogP contribution in [0.25, 0.3) is 130 Å². The summed E-state index contributed by atoms with van der Waals surface area (Å²) in [4.78, 5) is 0. The molecule has 0 aliphatic rings. The zero-order chi connectivity index (χ0) is 47.2. The Morgan fingerprint density at radius 2 is 0.690 bits per heavy atom. The Bertz CT molecular complexity index is 4630. The van der Waals surface area contributed by atoms with E-state index in [0.29, 0.717) is 28.2 Å². The van der Waals surface area contributed by atoms with Gasteiger partial charge in [-0.05, 0) is 79.6 Å². The Morgan fingerprint density at radius 1 is 0.324 bits per heavy atom. The lowest BCUT2D eigenvalue weighted by molar-refractivity contribution is 1.02. The molecule has 0 N–H and O–H groups in total. The molecular formula is C64H38N6S. The summed E-state index contributed by atoms with van der Waals surface area (Å²) in [5.74, 6) is 0. The number of aryl methyl sites for hydroxylation is 2. The summed E-state index contributed by atoms with van der Waals surface area (Å²) in [7, 11) is 0. The average Bonchev–Trinajstić information content (AvgIpc) is 4.21. The Labute approximate surface area is 410 Å². The van der Waals surface area contributed by atoms with Crippen molar-refractivity contribution in [2.24, 2.45) is 0 Å². The molecule has 6 nitrogen and oxygen atoms in total. The molecule has 5 heterocycles. The standard InChI is InChI=1S/C64H38N6S/c1-37-33-48-46-31-32-47-45-23-9-16-30-58(45)71-64(47)62(46)70(57(48)34-38(37)2)63-60(68-53-26-12-5-19-41(53)42-20-6-13-27-54(42)68)49(35-65)59(67-51-24-10-3-17-39(51)40-18-4-11-25-52(40)67)50(36-66)61(63)69-55-28-14-7-21-43(55)44-22-8-15-29-56(44)69/h3-34H,1-2H3. The van der Waals surface area contributed by atoms with Crippen LogP contribution in [0.5, 0.6) is 0 Å². The molecule has 0 fully saturated rings. The highest BCUT2D eigenvalue weighted by molar-refractivity contribution is 7.26. The molecule has 71 heavy (non-hydrogen) atoms. The van der Waals surface area contributed by atoms with E-state index < -0.39 is 0 Å². The average molecular weight is 923 g/mol. The normalized spacial score (nSPS) is 12.1. The van der Waals surface area contributed by atoms with Gasteiger partial charge in [-0.15, -0.1) is 11.3 Å². The molecule has 0 radical (unpaired) electrons. The van der Waals surface area contributed by atoms with Gasteiger partial charge in [-0.2, -0.15) is 10.5 Å². The molecular weight excluding hydrogens is 885 g/mol. The minimum atomic E-state index is 0.390. The largest absolute Gasteiger partial charge is 0.306 e. The van der Waals surface area contributed by atoms with Gasteiger partial charge in [0.15, 0.2) is 0 Å². The van der Waals surface area contributed by atoms with Crippen LogP contribution in [-0.2, 0) is 0 Å². The van der Waals surface area contributed by atoms with Crippen LogP contribution >= 0.6 is 11.3 Å². The van der Waals surface area contributed by atoms with Crippen LogP contribution < -0.4 is 0 Å². The number of benzene rings is 10. The number of nitriles is 2. The molecule has 15 rings (SSSR count). The quantitative estimate of drug-likeness (QED) is 0.176. The molecule has 0 spiro atoms. The van der Waals surface area contributed by atoms with Crippen LogP contribution in [-0.4, -0.2) is 18.3 Å². The fraction of sp³-hybridized carbons (Fsp3) is 0.0312. The van der Waals surface area contributed by atoms with Gasteiger partial charge in [-0.1, -0.05) is 140 Å². The predicted octanol–water partition coefficient (Wildman–Crippen LogP) is 16.8.